The molecular formula is C16H18N2O. The third-order valence-corrected chi connectivity index (χ3v) is 4.49. The van der Waals surface area contributed by atoms with Crippen molar-refractivity contribution in [1.82, 2.24) is 5.01 Å². The van der Waals surface area contributed by atoms with Gasteiger partial charge in [-0.05, 0) is 43.6 Å². The van der Waals surface area contributed by atoms with Gasteiger partial charge in [0.15, 0.2) is 0 Å². The average Bonchev–Trinajstić information content (AvgIpc) is 3.32. The third kappa shape index (κ3) is 1.88. The number of carbonyl (C=O) groups excluding carboxylic acids is 1. The number of hydrazone groups is 1. The van der Waals surface area contributed by atoms with Crippen LogP contribution in [0.5, 0.6) is 0 Å². The maximum absolute atomic E-state index is 12.3. The van der Waals surface area contributed by atoms with Crippen LogP contribution in [0.1, 0.15) is 44.1 Å². The van der Waals surface area contributed by atoms with E-state index in [0.29, 0.717) is 6.42 Å². The number of carbonyl (C=O) groups is 1. The van der Waals surface area contributed by atoms with Crippen molar-refractivity contribution in [2.24, 2.45) is 11.0 Å². The largest absolute Gasteiger partial charge is 0.272 e. The third-order valence-electron chi connectivity index (χ3n) is 4.49. The number of hydrogen-bond acceptors (Lipinski definition) is 2. The van der Waals surface area contributed by atoms with Gasteiger partial charge in [0.1, 0.15) is 0 Å². The van der Waals surface area contributed by atoms with Gasteiger partial charge < -0.3 is 0 Å². The highest BCUT2D eigenvalue weighted by Crippen LogP contribution is 2.52. The summed E-state index contributed by atoms with van der Waals surface area (Å²) in [6.07, 6.45) is 6.30. The van der Waals surface area contributed by atoms with E-state index in [0.717, 1.165) is 30.9 Å². The molecule has 4 rings (SSSR count). The highest BCUT2D eigenvalue weighted by Gasteiger charge is 2.53. The Morgan fingerprint density at radius 2 is 1.95 bits per heavy atom. The van der Waals surface area contributed by atoms with Crippen molar-refractivity contribution in [3.05, 3.63) is 35.9 Å². The molecule has 0 saturated heterocycles. The maximum Gasteiger partial charge on any atom is 0.249 e. The molecule has 1 aliphatic heterocycles. The van der Waals surface area contributed by atoms with Crippen LogP contribution in [0.2, 0.25) is 0 Å². The molecule has 0 atom stereocenters. The number of rotatable bonds is 4. The molecule has 98 valence electrons. The van der Waals surface area contributed by atoms with Gasteiger partial charge in [-0.3, -0.25) is 4.79 Å². The Morgan fingerprint density at radius 1 is 1.21 bits per heavy atom. The van der Waals surface area contributed by atoms with Crippen LogP contribution in [0.25, 0.3) is 0 Å². The molecule has 1 heterocycles. The van der Waals surface area contributed by atoms with Crippen molar-refractivity contribution >= 4 is 11.6 Å². The van der Waals surface area contributed by atoms with Gasteiger partial charge in [-0.1, -0.05) is 30.3 Å². The maximum atomic E-state index is 12.3. The molecule has 0 spiro atoms. The summed E-state index contributed by atoms with van der Waals surface area (Å²) in [7, 11) is 0. The molecule has 19 heavy (non-hydrogen) atoms. The second-order valence-electron chi connectivity index (χ2n) is 6.09. The molecule has 1 aromatic rings. The van der Waals surface area contributed by atoms with Gasteiger partial charge in [-0.15, -0.1) is 0 Å². The smallest absolute Gasteiger partial charge is 0.249 e. The average molecular weight is 254 g/mol. The van der Waals surface area contributed by atoms with E-state index in [2.05, 4.69) is 17.2 Å². The molecule has 3 nitrogen and oxygen atoms in total. The van der Waals surface area contributed by atoms with E-state index in [1.54, 1.807) is 5.01 Å². The van der Waals surface area contributed by atoms with Crippen molar-refractivity contribution in [3.8, 4) is 0 Å². The molecule has 1 aromatic carbocycles. The lowest BCUT2D eigenvalue weighted by Gasteiger charge is -2.24. The van der Waals surface area contributed by atoms with Crippen LogP contribution in [0, 0.1) is 5.92 Å². The van der Waals surface area contributed by atoms with Crippen molar-refractivity contribution < 1.29 is 4.79 Å². The van der Waals surface area contributed by atoms with E-state index in [-0.39, 0.29) is 11.4 Å². The topological polar surface area (TPSA) is 32.7 Å². The van der Waals surface area contributed by atoms with Crippen molar-refractivity contribution in [2.75, 3.05) is 0 Å². The van der Waals surface area contributed by atoms with Crippen LogP contribution in [0.15, 0.2) is 35.4 Å². The predicted molar refractivity (Wildman–Crippen MR) is 73.6 cm³/mol. The molecule has 0 aromatic heterocycles. The van der Waals surface area contributed by atoms with Crippen LogP contribution in [-0.2, 0) is 10.3 Å². The second kappa shape index (κ2) is 3.92. The Balaban J connectivity index is 1.61. The number of amides is 1. The highest BCUT2D eigenvalue weighted by molar-refractivity contribution is 6.05. The predicted octanol–water partition coefficient (Wildman–Crippen LogP) is 3.06. The summed E-state index contributed by atoms with van der Waals surface area (Å²) in [6.45, 7) is 0. The molecule has 2 saturated carbocycles. The fourth-order valence-corrected chi connectivity index (χ4v) is 3.07. The van der Waals surface area contributed by atoms with Gasteiger partial charge in [-0.25, -0.2) is 5.01 Å². The van der Waals surface area contributed by atoms with Crippen molar-refractivity contribution in [2.45, 2.75) is 44.1 Å². The number of benzene rings is 1. The molecule has 1 amide bonds. The first-order valence-corrected chi connectivity index (χ1v) is 7.23. The van der Waals surface area contributed by atoms with Crippen LogP contribution < -0.4 is 0 Å². The molecule has 2 aliphatic carbocycles. The fourth-order valence-electron chi connectivity index (χ4n) is 3.07. The summed E-state index contributed by atoms with van der Waals surface area (Å²) < 4.78 is 0. The van der Waals surface area contributed by atoms with E-state index in [1.807, 2.05) is 18.2 Å². The summed E-state index contributed by atoms with van der Waals surface area (Å²) in [4.78, 5) is 12.3. The summed E-state index contributed by atoms with van der Waals surface area (Å²) in [5.41, 5.74) is 2.22. The standard InChI is InChI=1S/C16H18N2O/c19-15-11-14(10-12-6-7-12)17-18(15)16(8-9-16)13-4-2-1-3-5-13/h1-5,12H,6-11H2. The number of hydrogen-bond donors (Lipinski definition) is 0. The minimum absolute atomic E-state index is 0.121. The molecule has 0 unspecified atom stereocenters. The Bertz CT molecular complexity index is 541. The molecule has 2 fully saturated rings. The lowest BCUT2D eigenvalue weighted by molar-refractivity contribution is -0.131. The first-order valence-electron chi connectivity index (χ1n) is 7.23. The van der Waals surface area contributed by atoms with Crippen LogP contribution in [0.3, 0.4) is 0 Å². The number of nitrogens with zero attached hydrogens (tertiary/aromatic N) is 2. The Hall–Kier alpha value is -1.64. The van der Waals surface area contributed by atoms with Crippen LogP contribution in [0.4, 0.5) is 0 Å². The van der Waals surface area contributed by atoms with Gasteiger partial charge in [0.25, 0.3) is 0 Å². The Kier molecular flexibility index (Phi) is 2.32. The van der Waals surface area contributed by atoms with Crippen LogP contribution >= 0.6 is 0 Å². The molecule has 3 aliphatic rings. The SMILES string of the molecule is O=C1CC(CC2CC2)=NN1C1(c2ccccc2)CC1. The first-order chi connectivity index (χ1) is 9.28. The van der Waals surface area contributed by atoms with Crippen LogP contribution in [-0.4, -0.2) is 16.6 Å². The quantitative estimate of drug-likeness (QED) is 0.812. The van der Waals surface area contributed by atoms with Crippen molar-refractivity contribution in [3.63, 3.8) is 0 Å². The van der Waals surface area contributed by atoms with E-state index in [4.69, 9.17) is 0 Å². The van der Waals surface area contributed by atoms with E-state index in [9.17, 15) is 4.79 Å². The van der Waals surface area contributed by atoms with Crippen molar-refractivity contribution in [1.29, 1.82) is 0 Å². The Labute approximate surface area is 113 Å². The minimum Gasteiger partial charge on any atom is -0.272 e. The highest BCUT2D eigenvalue weighted by atomic mass is 16.2. The van der Waals surface area contributed by atoms with Gasteiger partial charge in [0.05, 0.1) is 12.0 Å². The lowest BCUT2D eigenvalue weighted by atomic mass is 10.0. The zero-order valence-electron chi connectivity index (χ0n) is 11.0. The van der Waals surface area contributed by atoms with E-state index < -0.39 is 0 Å². The van der Waals surface area contributed by atoms with Gasteiger partial charge >= 0.3 is 0 Å². The lowest BCUT2D eigenvalue weighted by Crippen LogP contribution is -2.32. The van der Waals surface area contributed by atoms with Gasteiger partial charge in [0.2, 0.25) is 5.91 Å². The first kappa shape index (κ1) is 11.2. The normalized spacial score (nSPS) is 24.5. The molecular weight excluding hydrogens is 236 g/mol. The summed E-state index contributed by atoms with van der Waals surface area (Å²) >= 11 is 0. The summed E-state index contributed by atoms with van der Waals surface area (Å²) in [5.74, 6) is 0.996. The zero-order chi connectivity index (χ0) is 12.9. The molecule has 0 N–H and O–H groups in total. The minimum atomic E-state index is -0.121. The zero-order valence-corrected chi connectivity index (χ0v) is 11.0. The fraction of sp³-hybridized carbons (Fsp3) is 0.500. The second-order valence-corrected chi connectivity index (χ2v) is 6.09. The van der Waals surface area contributed by atoms with E-state index in [1.165, 1.54) is 18.4 Å². The molecule has 0 bridgehead atoms. The van der Waals surface area contributed by atoms with E-state index >= 15 is 0 Å². The van der Waals surface area contributed by atoms with Gasteiger partial charge in [-0.2, -0.15) is 5.10 Å². The van der Waals surface area contributed by atoms with Gasteiger partial charge in [0, 0.05) is 5.71 Å². The summed E-state index contributed by atoms with van der Waals surface area (Å²) in [6, 6.07) is 10.4. The molecule has 3 heteroatoms. The monoisotopic (exact) mass is 254 g/mol. The summed E-state index contributed by atoms with van der Waals surface area (Å²) in [5, 5.41) is 6.45. The molecule has 0 radical (unpaired) electrons. The Morgan fingerprint density at radius 3 is 2.58 bits per heavy atom.